The number of morpholine rings is 1. The van der Waals surface area contributed by atoms with Gasteiger partial charge in [-0.3, -0.25) is 4.57 Å². The largest absolute Gasteiger partial charge is 0.612 e. The van der Waals surface area contributed by atoms with Crippen LogP contribution in [-0.4, -0.2) is 76.0 Å². The van der Waals surface area contributed by atoms with Gasteiger partial charge in [0.05, 0.1) is 31.0 Å². The second-order valence-electron chi connectivity index (χ2n) is 6.47. The Balaban J connectivity index is 2.69. The van der Waals surface area contributed by atoms with Gasteiger partial charge in [-0.25, -0.2) is 9.76 Å². The summed E-state index contributed by atoms with van der Waals surface area (Å²) >= 11 is 0. The van der Waals surface area contributed by atoms with Gasteiger partial charge in [0, 0.05) is 26.7 Å². The van der Waals surface area contributed by atoms with Crippen molar-refractivity contribution in [2.75, 3.05) is 46.9 Å². The van der Waals surface area contributed by atoms with Crippen LogP contribution in [0.5, 0.6) is 0 Å². The van der Waals surface area contributed by atoms with Gasteiger partial charge in [-0.05, 0) is 31.9 Å². The van der Waals surface area contributed by atoms with Crippen LogP contribution >= 0.6 is 15.8 Å². The first-order chi connectivity index (χ1) is 12.8. The Morgan fingerprint density at radius 2 is 2.11 bits per heavy atom. The fraction of sp³-hybridized carbons (Fsp3) is 1.00. The van der Waals surface area contributed by atoms with Gasteiger partial charge < -0.3 is 19.7 Å². The van der Waals surface area contributed by atoms with E-state index in [4.69, 9.17) is 24.3 Å². The molecule has 1 heterocycles. The fourth-order valence-corrected chi connectivity index (χ4v) is 4.82. The van der Waals surface area contributed by atoms with Crippen molar-refractivity contribution in [3.05, 3.63) is 0 Å². The van der Waals surface area contributed by atoms with E-state index >= 15 is 0 Å². The monoisotopic (exact) mass is 429 g/mol. The third kappa shape index (κ3) is 8.50. The van der Waals surface area contributed by atoms with Crippen molar-refractivity contribution in [1.29, 1.82) is 0 Å². The van der Waals surface area contributed by atoms with Gasteiger partial charge in [-0.15, -0.1) is 4.52 Å². The van der Waals surface area contributed by atoms with Crippen molar-refractivity contribution < 1.29 is 27.7 Å². The minimum Gasteiger partial charge on any atom is -0.372 e. The predicted molar refractivity (Wildman–Crippen MR) is 105 cm³/mol. The Kier molecular flexibility index (Phi) is 11.6. The molecule has 6 atom stereocenters. The maximum absolute atomic E-state index is 13.3. The zero-order chi connectivity index (χ0) is 20.4. The van der Waals surface area contributed by atoms with Crippen LogP contribution in [0.15, 0.2) is 0 Å². The highest BCUT2D eigenvalue weighted by atomic mass is 31.2. The minimum atomic E-state index is -3.30. The van der Waals surface area contributed by atoms with Crippen LogP contribution in [0.25, 0.3) is 0 Å². The Morgan fingerprint density at radius 1 is 1.41 bits per heavy atom. The standard InChI is InChI=1S/C15H35N4O6P2/c1-6-12(2)24-14(7-16)11-23-27(21,18-5)19-8-13(3)25-15(9-19)10-22-26(20)17-4/h12-15H,6-11,16H2,1-5H3,(H,17,20)(H,18,21)/q+1/t12-,13-,14-,15-,27?/m0/s1. The topological polar surface area (TPSA) is 124 Å². The average molecular weight is 429 g/mol. The van der Waals surface area contributed by atoms with E-state index in [2.05, 4.69) is 10.2 Å². The van der Waals surface area contributed by atoms with Gasteiger partial charge in [0.15, 0.2) is 0 Å². The molecule has 10 nitrogen and oxygen atoms in total. The summed E-state index contributed by atoms with van der Waals surface area (Å²) in [5.74, 6) is 0. The molecule has 12 heteroatoms. The third-order valence-electron chi connectivity index (χ3n) is 4.22. The van der Waals surface area contributed by atoms with Crippen LogP contribution in [-0.2, 0) is 27.7 Å². The Bertz CT molecular complexity index is 501. The van der Waals surface area contributed by atoms with E-state index in [1.807, 2.05) is 20.8 Å². The van der Waals surface area contributed by atoms with Gasteiger partial charge >= 0.3 is 15.8 Å². The summed E-state index contributed by atoms with van der Waals surface area (Å²) < 4.78 is 49.0. The van der Waals surface area contributed by atoms with Crippen LogP contribution in [0.1, 0.15) is 27.2 Å². The summed E-state index contributed by atoms with van der Waals surface area (Å²) in [4.78, 5) is 0. The number of nitrogens with two attached hydrogens (primary N) is 1. The van der Waals surface area contributed by atoms with Gasteiger partial charge in [0.1, 0.15) is 6.61 Å². The lowest BCUT2D eigenvalue weighted by Gasteiger charge is -2.39. The molecule has 0 spiro atoms. The van der Waals surface area contributed by atoms with Gasteiger partial charge in [0.25, 0.3) is 0 Å². The molecule has 2 unspecified atom stereocenters. The number of hydrogen-bond acceptors (Lipinski definition) is 7. The van der Waals surface area contributed by atoms with Crippen LogP contribution < -0.4 is 15.9 Å². The first kappa shape index (κ1) is 25.0. The number of nitrogens with zero attached hydrogens (tertiary/aromatic N) is 1. The SMILES string of the molecule is CC[C@H](C)O[C@@H](CN)COP(=O)(NC)N1C[C@@H](CO[P+](=O)NC)O[C@@H](C)C1. The molecule has 160 valence electrons. The molecule has 27 heavy (non-hydrogen) atoms. The highest BCUT2D eigenvalue weighted by Gasteiger charge is 2.39. The summed E-state index contributed by atoms with van der Waals surface area (Å²) in [6.07, 6.45) is 0.0337. The van der Waals surface area contributed by atoms with E-state index in [9.17, 15) is 9.13 Å². The summed E-state index contributed by atoms with van der Waals surface area (Å²) in [5, 5.41) is 5.34. The molecule has 1 saturated heterocycles. The van der Waals surface area contributed by atoms with Crippen LogP contribution in [0, 0.1) is 0 Å². The molecule has 0 saturated carbocycles. The van der Waals surface area contributed by atoms with E-state index in [0.29, 0.717) is 13.1 Å². The number of hydrogen-bond donors (Lipinski definition) is 3. The molecule has 4 N–H and O–H groups in total. The van der Waals surface area contributed by atoms with Gasteiger partial charge in [-0.1, -0.05) is 12.0 Å². The van der Waals surface area contributed by atoms with E-state index in [-0.39, 0.29) is 44.2 Å². The summed E-state index contributed by atoms with van der Waals surface area (Å²) in [7, 11) is -2.09. The first-order valence-corrected chi connectivity index (χ1v) is 12.0. The second-order valence-corrected chi connectivity index (χ2v) is 10.0. The zero-order valence-corrected chi connectivity index (χ0v) is 18.7. The quantitative estimate of drug-likeness (QED) is 0.371. The van der Waals surface area contributed by atoms with E-state index in [1.54, 1.807) is 18.8 Å². The normalized spacial score (nSPS) is 26.4. The van der Waals surface area contributed by atoms with Crippen molar-refractivity contribution >= 4 is 15.8 Å². The van der Waals surface area contributed by atoms with Crippen LogP contribution in [0.3, 0.4) is 0 Å². The van der Waals surface area contributed by atoms with Gasteiger partial charge in [-0.2, -0.15) is 0 Å². The maximum Gasteiger partial charge on any atom is 0.612 e. The smallest absolute Gasteiger partial charge is 0.372 e. The van der Waals surface area contributed by atoms with Crippen LogP contribution in [0.4, 0.5) is 0 Å². The second kappa shape index (κ2) is 12.5. The Labute approximate surface area is 163 Å². The van der Waals surface area contributed by atoms with Crippen molar-refractivity contribution in [2.45, 2.75) is 51.6 Å². The van der Waals surface area contributed by atoms with Crippen molar-refractivity contribution in [3.63, 3.8) is 0 Å². The molecule has 0 aromatic carbocycles. The molecule has 0 bridgehead atoms. The lowest BCUT2D eigenvalue weighted by Crippen LogP contribution is -2.48. The van der Waals surface area contributed by atoms with E-state index in [1.165, 1.54) is 0 Å². The highest BCUT2D eigenvalue weighted by Crippen LogP contribution is 2.47. The van der Waals surface area contributed by atoms with Crippen molar-refractivity contribution in [3.8, 4) is 0 Å². The lowest BCUT2D eigenvalue weighted by molar-refractivity contribution is -0.0755. The molecule has 1 fully saturated rings. The third-order valence-corrected chi connectivity index (χ3v) is 7.10. The average Bonchev–Trinajstić information content (AvgIpc) is 2.68. The molecule has 0 aliphatic carbocycles. The zero-order valence-electron chi connectivity index (χ0n) is 16.9. The predicted octanol–water partition coefficient (Wildman–Crippen LogP) is 1.46. The maximum atomic E-state index is 13.3. The fourth-order valence-electron chi connectivity index (χ4n) is 2.60. The van der Waals surface area contributed by atoms with Crippen molar-refractivity contribution in [1.82, 2.24) is 14.8 Å². The molecule has 0 aromatic rings. The lowest BCUT2D eigenvalue weighted by atomic mass is 10.2. The first-order valence-electron chi connectivity index (χ1n) is 9.25. The number of nitrogens with one attached hydrogen (secondary N) is 2. The molecule has 0 amide bonds. The number of ether oxygens (including phenoxy) is 2. The summed E-state index contributed by atoms with van der Waals surface area (Å²) in [5.41, 5.74) is 5.75. The molecule has 1 aliphatic rings. The molecular weight excluding hydrogens is 394 g/mol. The Morgan fingerprint density at radius 3 is 2.67 bits per heavy atom. The molecule has 0 radical (unpaired) electrons. The minimum absolute atomic E-state index is 0.0511. The molecule has 1 aliphatic heterocycles. The van der Waals surface area contributed by atoms with E-state index < -0.39 is 15.8 Å². The molecule has 1 rings (SSSR count). The molecular formula is C15H35N4O6P2+. The van der Waals surface area contributed by atoms with Crippen molar-refractivity contribution in [2.24, 2.45) is 5.73 Å². The summed E-state index contributed by atoms with van der Waals surface area (Å²) in [6, 6.07) is 0. The van der Waals surface area contributed by atoms with Crippen LogP contribution in [0.2, 0.25) is 0 Å². The Hall–Kier alpha value is 0.01000. The van der Waals surface area contributed by atoms with Gasteiger partial charge in [0.2, 0.25) is 0 Å². The number of rotatable bonds is 13. The van der Waals surface area contributed by atoms with E-state index in [0.717, 1.165) is 6.42 Å². The molecule has 0 aromatic heterocycles. The highest BCUT2D eigenvalue weighted by molar-refractivity contribution is 7.54. The summed E-state index contributed by atoms with van der Waals surface area (Å²) in [6.45, 7) is 7.16.